The van der Waals surface area contributed by atoms with E-state index < -0.39 is 16.0 Å². The number of benzene rings is 1. The van der Waals surface area contributed by atoms with Crippen molar-refractivity contribution < 1.29 is 22.4 Å². The normalized spacial score (nSPS) is 19.1. The van der Waals surface area contributed by atoms with Crippen molar-refractivity contribution in [2.45, 2.75) is 44.6 Å². The van der Waals surface area contributed by atoms with Gasteiger partial charge in [0.15, 0.2) is 0 Å². The lowest BCUT2D eigenvalue weighted by Crippen LogP contribution is -2.44. The van der Waals surface area contributed by atoms with Crippen LogP contribution >= 0.6 is 0 Å². The van der Waals surface area contributed by atoms with Gasteiger partial charge in [0.25, 0.3) is 0 Å². The van der Waals surface area contributed by atoms with Crippen molar-refractivity contribution in [1.29, 1.82) is 0 Å². The van der Waals surface area contributed by atoms with E-state index in [1.54, 1.807) is 26.0 Å². The number of nitrogens with one attached hydrogen (secondary N) is 2. The molecule has 2 N–H and O–H groups in total. The highest BCUT2D eigenvalue weighted by Crippen LogP contribution is 2.28. The molecule has 1 aromatic carbocycles. The van der Waals surface area contributed by atoms with Crippen LogP contribution in [0.4, 0.5) is 0 Å². The minimum atomic E-state index is -3.67. The van der Waals surface area contributed by atoms with E-state index in [1.165, 1.54) is 6.07 Å². The van der Waals surface area contributed by atoms with E-state index >= 15 is 0 Å². The molecule has 2 unspecified atom stereocenters. The maximum absolute atomic E-state index is 12.8. The van der Waals surface area contributed by atoms with E-state index in [1.807, 2.05) is 6.92 Å². The SMILES string of the molecule is CCOC(=O)c1oc2ccc(S(=O)(=O)NC(C)C3CCCNC3)cc2c1C. The molecule has 8 heteroatoms. The third-order valence-electron chi connectivity index (χ3n) is 5.06. The molecular weight excluding hydrogens is 368 g/mol. The fourth-order valence-electron chi connectivity index (χ4n) is 3.47. The molecule has 1 aliphatic rings. The second-order valence-corrected chi connectivity index (χ2v) is 8.66. The number of esters is 1. The summed E-state index contributed by atoms with van der Waals surface area (Å²) in [5.74, 6) is -0.175. The number of sulfonamides is 1. The Morgan fingerprint density at radius 2 is 2.22 bits per heavy atom. The van der Waals surface area contributed by atoms with E-state index in [0.29, 0.717) is 16.5 Å². The number of carbonyl (C=O) groups is 1. The highest BCUT2D eigenvalue weighted by molar-refractivity contribution is 7.89. The van der Waals surface area contributed by atoms with Crippen LogP contribution < -0.4 is 10.0 Å². The molecule has 1 fully saturated rings. The van der Waals surface area contributed by atoms with Gasteiger partial charge in [-0.2, -0.15) is 0 Å². The van der Waals surface area contributed by atoms with E-state index in [0.717, 1.165) is 25.9 Å². The number of carbonyl (C=O) groups excluding carboxylic acids is 1. The zero-order chi connectivity index (χ0) is 19.6. The molecule has 1 saturated heterocycles. The first-order valence-corrected chi connectivity index (χ1v) is 10.7. The number of aryl methyl sites for hydroxylation is 1. The molecular formula is C19H26N2O5S. The van der Waals surface area contributed by atoms with Crippen molar-refractivity contribution in [3.63, 3.8) is 0 Å². The Morgan fingerprint density at radius 1 is 1.44 bits per heavy atom. The Hall–Kier alpha value is -1.90. The first-order chi connectivity index (χ1) is 12.8. The quantitative estimate of drug-likeness (QED) is 0.731. The Morgan fingerprint density at radius 3 is 2.89 bits per heavy atom. The van der Waals surface area contributed by atoms with Gasteiger partial charge in [-0.3, -0.25) is 0 Å². The third kappa shape index (κ3) is 4.17. The summed E-state index contributed by atoms with van der Waals surface area (Å²) in [6.45, 7) is 7.37. The van der Waals surface area contributed by atoms with Crippen molar-refractivity contribution >= 4 is 27.0 Å². The van der Waals surface area contributed by atoms with Gasteiger partial charge in [-0.15, -0.1) is 0 Å². The van der Waals surface area contributed by atoms with Crippen LogP contribution in [0.3, 0.4) is 0 Å². The fraction of sp³-hybridized carbons (Fsp3) is 0.526. The molecule has 2 atom stereocenters. The molecule has 0 radical (unpaired) electrons. The van der Waals surface area contributed by atoms with Gasteiger partial charge in [0, 0.05) is 17.0 Å². The number of fused-ring (bicyclic) bond motifs is 1. The van der Waals surface area contributed by atoms with Crippen molar-refractivity contribution in [3.05, 3.63) is 29.5 Å². The zero-order valence-electron chi connectivity index (χ0n) is 15.9. The van der Waals surface area contributed by atoms with E-state index in [4.69, 9.17) is 9.15 Å². The molecule has 1 aliphatic heterocycles. The smallest absolute Gasteiger partial charge is 0.374 e. The molecule has 148 valence electrons. The van der Waals surface area contributed by atoms with Gasteiger partial charge in [-0.1, -0.05) is 0 Å². The second-order valence-electron chi connectivity index (χ2n) is 6.95. The van der Waals surface area contributed by atoms with Crippen LogP contribution in [0.5, 0.6) is 0 Å². The van der Waals surface area contributed by atoms with Gasteiger partial charge < -0.3 is 14.5 Å². The van der Waals surface area contributed by atoms with Crippen LogP contribution in [0.25, 0.3) is 11.0 Å². The highest BCUT2D eigenvalue weighted by atomic mass is 32.2. The lowest BCUT2D eigenvalue weighted by atomic mass is 9.94. The summed E-state index contributed by atoms with van der Waals surface area (Å²) in [5.41, 5.74) is 1.03. The number of hydrogen-bond donors (Lipinski definition) is 2. The summed E-state index contributed by atoms with van der Waals surface area (Å²) in [7, 11) is -3.67. The van der Waals surface area contributed by atoms with Gasteiger partial charge in [-0.05, 0) is 70.8 Å². The molecule has 0 saturated carbocycles. The first-order valence-electron chi connectivity index (χ1n) is 9.26. The van der Waals surface area contributed by atoms with Gasteiger partial charge in [-0.25, -0.2) is 17.9 Å². The third-order valence-corrected chi connectivity index (χ3v) is 6.62. The number of hydrogen-bond acceptors (Lipinski definition) is 6. The van der Waals surface area contributed by atoms with Crippen molar-refractivity contribution in [1.82, 2.24) is 10.0 Å². The molecule has 0 aliphatic carbocycles. The first kappa shape index (κ1) is 19.9. The summed E-state index contributed by atoms with van der Waals surface area (Å²) in [6.07, 6.45) is 2.05. The summed E-state index contributed by atoms with van der Waals surface area (Å²) in [6, 6.07) is 4.45. The molecule has 1 aromatic heterocycles. The molecule has 0 bridgehead atoms. The average molecular weight is 394 g/mol. The predicted octanol–water partition coefficient (Wildman–Crippen LogP) is 2.58. The Kier molecular flexibility index (Phi) is 5.88. The van der Waals surface area contributed by atoms with Crippen LogP contribution in [0.2, 0.25) is 0 Å². The van der Waals surface area contributed by atoms with Crippen LogP contribution in [0.1, 0.15) is 42.8 Å². The summed E-state index contributed by atoms with van der Waals surface area (Å²) in [5, 5.41) is 3.90. The highest BCUT2D eigenvalue weighted by Gasteiger charge is 2.26. The number of ether oxygens (including phenoxy) is 1. The summed E-state index contributed by atoms with van der Waals surface area (Å²) in [4.78, 5) is 12.1. The molecule has 27 heavy (non-hydrogen) atoms. The zero-order valence-corrected chi connectivity index (χ0v) is 16.7. The lowest BCUT2D eigenvalue weighted by Gasteiger charge is -2.28. The average Bonchev–Trinajstić information content (AvgIpc) is 2.99. The van der Waals surface area contributed by atoms with Crippen molar-refractivity contribution in [2.75, 3.05) is 19.7 Å². The molecule has 2 aromatic rings. The number of rotatable bonds is 6. The largest absolute Gasteiger partial charge is 0.460 e. The molecule has 0 amide bonds. The lowest BCUT2D eigenvalue weighted by molar-refractivity contribution is 0.0491. The maximum Gasteiger partial charge on any atom is 0.374 e. The van der Waals surface area contributed by atoms with Crippen LogP contribution in [0.15, 0.2) is 27.5 Å². The van der Waals surface area contributed by atoms with Crippen molar-refractivity contribution in [3.8, 4) is 0 Å². The fourth-order valence-corrected chi connectivity index (χ4v) is 4.81. The number of piperidine rings is 1. The molecule has 2 heterocycles. The van der Waals surface area contributed by atoms with Gasteiger partial charge in [0.1, 0.15) is 5.58 Å². The monoisotopic (exact) mass is 394 g/mol. The number of furan rings is 1. The van der Waals surface area contributed by atoms with E-state index in [-0.39, 0.29) is 29.2 Å². The Labute approximate surface area is 159 Å². The topological polar surface area (TPSA) is 97.6 Å². The summed E-state index contributed by atoms with van der Waals surface area (Å²) >= 11 is 0. The maximum atomic E-state index is 12.8. The van der Waals surface area contributed by atoms with Gasteiger partial charge >= 0.3 is 5.97 Å². The second kappa shape index (κ2) is 8.00. The van der Waals surface area contributed by atoms with E-state index in [9.17, 15) is 13.2 Å². The Bertz CT molecular complexity index is 929. The van der Waals surface area contributed by atoms with Crippen LogP contribution in [0, 0.1) is 12.8 Å². The molecule has 7 nitrogen and oxygen atoms in total. The van der Waals surface area contributed by atoms with Gasteiger partial charge in [0.05, 0.1) is 11.5 Å². The standard InChI is InChI=1S/C19H26N2O5S/c1-4-25-19(22)18-12(2)16-10-15(7-8-17(16)26-18)27(23,24)21-13(3)14-6-5-9-20-11-14/h7-8,10,13-14,20-21H,4-6,9,11H2,1-3H3. The Balaban J connectivity index is 1.87. The minimum absolute atomic E-state index is 0.107. The van der Waals surface area contributed by atoms with Crippen molar-refractivity contribution in [2.24, 2.45) is 5.92 Å². The van der Waals surface area contributed by atoms with Gasteiger partial charge in [0.2, 0.25) is 15.8 Å². The predicted molar refractivity (Wildman–Crippen MR) is 102 cm³/mol. The van der Waals surface area contributed by atoms with Crippen LogP contribution in [-0.2, 0) is 14.8 Å². The molecule has 0 spiro atoms. The minimum Gasteiger partial charge on any atom is -0.460 e. The van der Waals surface area contributed by atoms with E-state index in [2.05, 4.69) is 10.0 Å². The van der Waals surface area contributed by atoms with Crippen LogP contribution in [-0.4, -0.2) is 40.1 Å². The summed E-state index contributed by atoms with van der Waals surface area (Å²) < 4.78 is 39.0. The molecule has 3 rings (SSSR count).